The Morgan fingerprint density at radius 1 is 1.50 bits per heavy atom. The van der Waals surface area contributed by atoms with E-state index in [-0.39, 0.29) is 6.10 Å². The van der Waals surface area contributed by atoms with Gasteiger partial charge in [-0.05, 0) is 0 Å². The molecule has 0 aromatic carbocycles. The van der Waals surface area contributed by atoms with Crippen molar-refractivity contribution in [2.75, 3.05) is 32.8 Å². The molecule has 1 atom stereocenters. The van der Waals surface area contributed by atoms with E-state index in [4.69, 9.17) is 4.74 Å². The molecule has 0 aromatic rings. The minimum Gasteiger partial charge on any atom is -0.374 e. The highest BCUT2D eigenvalue weighted by molar-refractivity contribution is 7.87. The van der Waals surface area contributed by atoms with Gasteiger partial charge in [0.1, 0.15) is 0 Å². The topological polar surface area (TPSA) is 79.5 Å². The summed E-state index contributed by atoms with van der Waals surface area (Å²) in [6.45, 7) is 4.58. The van der Waals surface area contributed by atoms with E-state index in [0.29, 0.717) is 26.2 Å². The second-order valence-electron chi connectivity index (χ2n) is 3.05. The third-order valence-electron chi connectivity index (χ3n) is 1.84. The Hall–Kier alpha value is -0.210. The van der Waals surface area contributed by atoms with Gasteiger partial charge in [-0.1, -0.05) is 6.92 Å². The highest BCUT2D eigenvalue weighted by atomic mass is 32.2. The minimum atomic E-state index is -3.34. The van der Waals surface area contributed by atoms with Gasteiger partial charge in [0.15, 0.2) is 0 Å². The molecule has 0 amide bonds. The van der Waals surface area contributed by atoms with Crippen LogP contribution in [-0.4, -0.2) is 47.3 Å². The van der Waals surface area contributed by atoms with Gasteiger partial charge in [-0.2, -0.15) is 13.1 Å². The van der Waals surface area contributed by atoms with E-state index in [1.54, 1.807) is 6.92 Å². The first kappa shape index (κ1) is 11.9. The maximum atomic E-state index is 11.2. The molecule has 0 aromatic heterocycles. The van der Waals surface area contributed by atoms with Gasteiger partial charge in [0.05, 0.1) is 12.7 Å². The highest BCUT2D eigenvalue weighted by Crippen LogP contribution is 1.94. The van der Waals surface area contributed by atoms with E-state index in [1.165, 1.54) is 0 Å². The van der Waals surface area contributed by atoms with Gasteiger partial charge in [0, 0.05) is 26.2 Å². The van der Waals surface area contributed by atoms with Gasteiger partial charge in [0.25, 0.3) is 10.2 Å². The van der Waals surface area contributed by atoms with Crippen molar-refractivity contribution in [3.63, 3.8) is 0 Å². The summed E-state index contributed by atoms with van der Waals surface area (Å²) in [5, 5.41) is 3.12. The molecule has 7 heteroatoms. The molecule has 1 heterocycles. The molecule has 0 spiro atoms. The molecule has 3 N–H and O–H groups in total. The fraction of sp³-hybridized carbons (Fsp3) is 1.00. The van der Waals surface area contributed by atoms with E-state index < -0.39 is 10.2 Å². The Morgan fingerprint density at radius 2 is 2.29 bits per heavy atom. The van der Waals surface area contributed by atoms with Crippen molar-refractivity contribution in [2.24, 2.45) is 0 Å². The molecule has 1 rings (SSSR count). The number of hydrogen-bond acceptors (Lipinski definition) is 4. The summed E-state index contributed by atoms with van der Waals surface area (Å²) in [5.74, 6) is 0. The minimum absolute atomic E-state index is 0.0721. The van der Waals surface area contributed by atoms with Crippen molar-refractivity contribution in [2.45, 2.75) is 13.0 Å². The van der Waals surface area contributed by atoms with Crippen LogP contribution in [0.15, 0.2) is 0 Å². The lowest BCUT2D eigenvalue weighted by Gasteiger charge is -2.23. The number of hydrogen-bond donors (Lipinski definition) is 3. The monoisotopic (exact) mass is 223 g/mol. The molecule has 84 valence electrons. The molecule has 1 unspecified atom stereocenters. The molecule has 1 saturated heterocycles. The summed E-state index contributed by atoms with van der Waals surface area (Å²) in [7, 11) is -3.34. The molecule has 0 bridgehead atoms. The Morgan fingerprint density at radius 3 is 2.86 bits per heavy atom. The molecule has 1 aliphatic rings. The standard InChI is InChI=1S/C7H17N3O3S/c1-2-9-14(11,12)10-6-7-5-8-3-4-13-7/h7-10H,2-6H2,1H3. The average Bonchev–Trinajstić information content (AvgIpc) is 2.17. The van der Waals surface area contributed by atoms with E-state index >= 15 is 0 Å². The fourth-order valence-electron chi connectivity index (χ4n) is 1.19. The van der Waals surface area contributed by atoms with Crippen LogP contribution >= 0.6 is 0 Å². The smallest absolute Gasteiger partial charge is 0.276 e. The maximum Gasteiger partial charge on any atom is 0.276 e. The number of nitrogens with one attached hydrogen (secondary N) is 3. The quantitative estimate of drug-likeness (QED) is 0.525. The maximum absolute atomic E-state index is 11.2. The van der Waals surface area contributed by atoms with Crippen LogP contribution in [-0.2, 0) is 14.9 Å². The molecule has 14 heavy (non-hydrogen) atoms. The van der Waals surface area contributed by atoms with Crippen molar-refractivity contribution in [1.29, 1.82) is 0 Å². The summed E-state index contributed by atoms with van der Waals surface area (Å²) in [6.07, 6.45) is -0.0721. The van der Waals surface area contributed by atoms with Gasteiger partial charge >= 0.3 is 0 Å². The van der Waals surface area contributed by atoms with Crippen LogP contribution < -0.4 is 14.8 Å². The Labute approximate surface area is 84.6 Å². The van der Waals surface area contributed by atoms with Crippen molar-refractivity contribution >= 4 is 10.2 Å². The van der Waals surface area contributed by atoms with Crippen molar-refractivity contribution < 1.29 is 13.2 Å². The Balaban J connectivity index is 2.24. The first-order chi connectivity index (χ1) is 6.64. The van der Waals surface area contributed by atoms with Gasteiger partial charge < -0.3 is 10.1 Å². The normalized spacial score (nSPS) is 23.6. The molecule has 1 fully saturated rings. The third kappa shape index (κ3) is 4.34. The number of ether oxygens (including phenoxy) is 1. The Kier molecular flexibility index (Phi) is 4.76. The molecule has 0 saturated carbocycles. The molecule has 0 radical (unpaired) electrons. The van der Waals surface area contributed by atoms with Crippen molar-refractivity contribution in [3.05, 3.63) is 0 Å². The van der Waals surface area contributed by atoms with Crippen LogP contribution in [0.1, 0.15) is 6.92 Å². The zero-order chi connectivity index (χ0) is 10.4. The third-order valence-corrected chi connectivity index (χ3v) is 3.06. The summed E-state index contributed by atoms with van der Waals surface area (Å²) in [5.41, 5.74) is 0. The second kappa shape index (κ2) is 5.62. The van der Waals surface area contributed by atoms with Crippen molar-refractivity contribution in [3.8, 4) is 0 Å². The van der Waals surface area contributed by atoms with Crippen LogP contribution in [0.2, 0.25) is 0 Å². The predicted octanol–water partition coefficient (Wildman–Crippen LogP) is -1.58. The van der Waals surface area contributed by atoms with Crippen LogP contribution in [0.25, 0.3) is 0 Å². The SMILES string of the molecule is CCNS(=O)(=O)NCC1CNCCO1. The lowest BCUT2D eigenvalue weighted by molar-refractivity contribution is 0.0323. The van der Waals surface area contributed by atoms with Gasteiger partial charge in [-0.15, -0.1) is 0 Å². The highest BCUT2D eigenvalue weighted by Gasteiger charge is 2.16. The zero-order valence-corrected chi connectivity index (χ0v) is 9.06. The predicted molar refractivity (Wildman–Crippen MR) is 53.2 cm³/mol. The first-order valence-electron chi connectivity index (χ1n) is 4.70. The summed E-state index contributed by atoms with van der Waals surface area (Å²) < 4.78 is 32.5. The van der Waals surface area contributed by atoms with E-state index in [1.807, 2.05) is 0 Å². The molecule has 1 aliphatic heterocycles. The van der Waals surface area contributed by atoms with Gasteiger partial charge in [0.2, 0.25) is 0 Å². The molecule has 6 nitrogen and oxygen atoms in total. The number of morpholine rings is 1. The lowest BCUT2D eigenvalue weighted by Crippen LogP contribution is -2.47. The van der Waals surface area contributed by atoms with Crippen LogP contribution in [0, 0.1) is 0 Å². The van der Waals surface area contributed by atoms with E-state index in [2.05, 4.69) is 14.8 Å². The van der Waals surface area contributed by atoms with Crippen LogP contribution in [0.3, 0.4) is 0 Å². The first-order valence-corrected chi connectivity index (χ1v) is 6.19. The lowest BCUT2D eigenvalue weighted by atomic mass is 10.3. The van der Waals surface area contributed by atoms with Gasteiger partial charge in [-0.3, -0.25) is 0 Å². The largest absolute Gasteiger partial charge is 0.374 e. The van der Waals surface area contributed by atoms with Gasteiger partial charge in [-0.25, -0.2) is 4.72 Å². The Bertz CT molecular complexity index is 249. The summed E-state index contributed by atoms with van der Waals surface area (Å²) >= 11 is 0. The summed E-state index contributed by atoms with van der Waals surface area (Å²) in [6, 6.07) is 0. The van der Waals surface area contributed by atoms with Crippen LogP contribution in [0.5, 0.6) is 0 Å². The molecular weight excluding hydrogens is 206 g/mol. The average molecular weight is 223 g/mol. The molecular formula is C7H17N3O3S. The van der Waals surface area contributed by atoms with E-state index in [9.17, 15) is 8.42 Å². The van der Waals surface area contributed by atoms with E-state index in [0.717, 1.165) is 6.54 Å². The van der Waals surface area contributed by atoms with Crippen molar-refractivity contribution in [1.82, 2.24) is 14.8 Å². The van der Waals surface area contributed by atoms with Crippen LogP contribution in [0.4, 0.5) is 0 Å². The number of rotatable bonds is 5. The fourth-order valence-corrected chi connectivity index (χ4v) is 2.08. The summed E-state index contributed by atoms with van der Waals surface area (Å²) in [4.78, 5) is 0. The molecule has 0 aliphatic carbocycles. The zero-order valence-electron chi connectivity index (χ0n) is 8.25. The second-order valence-corrected chi connectivity index (χ2v) is 4.63.